The van der Waals surface area contributed by atoms with Gasteiger partial charge in [-0.3, -0.25) is 4.79 Å². The van der Waals surface area contributed by atoms with Crippen LogP contribution in [0.15, 0.2) is 27.6 Å². The molecule has 1 aromatic rings. The zero-order valence-corrected chi connectivity index (χ0v) is 13.7. The molecule has 1 heterocycles. The lowest BCUT2D eigenvalue weighted by Gasteiger charge is -2.21. The van der Waals surface area contributed by atoms with Gasteiger partial charge in [0.05, 0.1) is 10.3 Å². The molecule has 0 spiro atoms. The number of benzene rings is 1. The molecule has 20 heavy (non-hydrogen) atoms. The SMILES string of the molecule is Cc1c(Br)cccc1S(=O)(=O)N1CCC(C)(C(=O)O)C1. The van der Waals surface area contributed by atoms with E-state index in [2.05, 4.69) is 15.9 Å². The van der Waals surface area contributed by atoms with Crippen LogP contribution in [0.25, 0.3) is 0 Å². The summed E-state index contributed by atoms with van der Waals surface area (Å²) < 4.78 is 27.2. The maximum atomic E-state index is 12.6. The Labute approximate surface area is 126 Å². The van der Waals surface area contributed by atoms with Gasteiger partial charge in [-0.15, -0.1) is 0 Å². The van der Waals surface area contributed by atoms with E-state index in [4.69, 9.17) is 0 Å². The highest BCUT2D eigenvalue weighted by Gasteiger charge is 2.45. The first-order chi connectivity index (χ1) is 9.18. The maximum absolute atomic E-state index is 12.6. The Hall–Kier alpha value is -0.920. The van der Waals surface area contributed by atoms with Crippen molar-refractivity contribution in [3.8, 4) is 0 Å². The van der Waals surface area contributed by atoms with E-state index in [1.807, 2.05) is 0 Å². The second-order valence-corrected chi connectivity index (χ2v) is 8.08. The Kier molecular flexibility index (Phi) is 3.96. The Morgan fingerprint density at radius 2 is 2.10 bits per heavy atom. The van der Waals surface area contributed by atoms with Crippen LogP contribution >= 0.6 is 15.9 Å². The van der Waals surface area contributed by atoms with Crippen LogP contribution in [0.4, 0.5) is 0 Å². The van der Waals surface area contributed by atoms with E-state index in [1.165, 1.54) is 4.31 Å². The van der Waals surface area contributed by atoms with Gasteiger partial charge in [-0.05, 0) is 38.0 Å². The van der Waals surface area contributed by atoms with Gasteiger partial charge in [0.25, 0.3) is 0 Å². The van der Waals surface area contributed by atoms with Crippen LogP contribution in [0, 0.1) is 12.3 Å². The molecule has 1 fully saturated rings. The monoisotopic (exact) mass is 361 g/mol. The molecule has 0 aromatic heterocycles. The number of carboxylic acid groups (broad SMARTS) is 1. The highest BCUT2D eigenvalue weighted by Crippen LogP contribution is 2.35. The number of carboxylic acids is 1. The number of halogens is 1. The number of rotatable bonds is 3. The molecule has 5 nitrogen and oxygen atoms in total. The summed E-state index contributed by atoms with van der Waals surface area (Å²) in [6.45, 7) is 3.55. The minimum Gasteiger partial charge on any atom is -0.481 e. The summed E-state index contributed by atoms with van der Waals surface area (Å²) >= 11 is 3.32. The van der Waals surface area contributed by atoms with Crippen molar-refractivity contribution in [3.05, 3.63) is 28.2 Å². The number of aliphatic carboxylic acids is 1. The van der Waals surface area contributed by atoms with E-state index in [9.17, 15) is 18.3 Å². The topological polar surface area (TPSA) is 74.7 Å². The number of hydrogen-bond donors (Lipinski definition) is 1. The van der Waals surface area contributed by atoms with Crippen molar-refractivity contribution in [2.24, 2.45) is 5.41 Å². The average Bonchev–Trinajstić information content (AvgIpc) is 2.77. The maximum Gasteiger partial charge on any atom is 0.310 e. The molecule has 1 saturated heterocycles. The lowest BCUT2D eigenvalue weighted by molar-refractivity contribution is -0.146. The summed E-state index contributed by atoms with van der Waals surface area (Å²) in [6.07, 6.45) is 0.328. The molecular weight excluding hydrogens is 346 g/mol. The number of hydrogen-bond acceptors (Lipinski definition) is 3. The lowest BCUT2D eigenvalue weighted by atomic mass is 9.90. The van der Waals surface area contributed by atoms with Crippen LogP contribution in [0.2, 0.25) is 0 Å². The largest absolute Gasteiger partial charge is 0.481 e. The number of carbonyl (C=O) groups is 1. The van der Waals surface area contributed by atoms with Crippen LogP contribution in [0.1, 0.15) is 18.9 Å². The highest BCUT2D eigenvalue weighted by atomic mass is 79.9. The zero-order chi connectivity index (χ0) is 15.1. The highest BCUT2D eigenvalue weighted by molar-refractivity contribution is 9.10. The van der Waals surface area contributed by atoms with E-state index in [0.717, 1.165) is 4.47 Å². The Morgan fingerprint density at radius 3 is 2.65 bits per heavy atom. The van der Waals surface area contributed by atoms with Gasteiger partial charge in [-0.1, -0.05) is 22.0 Å². The first-order valence-electron chi connectivity index (χ1n) is 6.17. The summed E-state index contributed by atoms with van der Waals surface area (Å²) in [4.78, 5) is 11.4. The number of nitrogens with zero attached hydrogens (tertiary/aromatic N) is 1. The molecule has 1 N–H and O–H groups in total. The Balaban J connectivity index is 2.38. The summed E-state index contributed by atoms with van der Waals surface area (Å²) in [5.41, 5.74) is -0.371. The second kappa shape index (κ2) is 5.13. The third kappa shape index (κ3) is 2.49. The molecule has 0 amide bonds. The van der Waals surface area contributed by atoms with Crippen LogP contribution < -0.4 is 0 Å². The van der Waals surface area contributed by atoms with Gasteiger partial charge in [-0.25, -0.2) is 8.42 Å². The average molecular weight is 362 g/mol. The minimum absolute atomic E-state index is 0.0105. The fourth-order valence-corrected chi connectivity index (χ4v) is 4.61. The molecule has 1 aliphatic rings. The van der Waals surface area contributed by atoms with E-state index in [1.54, 1.807) is 32.0 Å². The van der Waals surface area contributed by atoms with Crippen molar-refractivity contribution in [2.45, 2.75) is 25.2 Å². The minimum atomic E-state index is -3.66. The first-order valence-corrected chi connectivity index (χ1v) is 8.40. The molecule has 7 heteroatoms. The van der Waals surface area contributed by atoms with Gasteiger partial charge >= 0.3 is 5.97 Å². The summed E-state index contributed by atoms with van der Waals surface area (Å²) in [7, 11) is -3.66. The van der Waals surface area contributed by atoms with Crippen molar-refractivity contribution in [2.75, 3.05) is 13.1 Å². The smallest absolute Gasteiger partial charge is 0.310 e. The van der Waals surface area contributed by atoms with Crippen molar-refractivity contribution >= 4 is 31.9 Å². The van der Waals surface area contributed by atoms with Crippen LogP contribution in [-0.2, 0) is 14.8 Å². The van der Waals surface area contributed by atoms with E-state index in [0.29, 0.717) is 12.0 Å². The van der Waals surface area contributed by atoms with Gasteiger partial charge in [0, 0.05) is 17.6 Å². The van der Waals surface area contributed by atoms with Crippen LogP contribution in [0.3, 0.4) is 0 Å². The fraction of sp³-hybridized carbons (Fsp3) is 0.462. The third-order valence-electron chi connectivity index (χ3n) is 3.79. The molecular formula is C13H16BrNO4S. The third-order valence-corrected chi connectivity index (χ3v) is 6.64. The number of sulfonamides is 1. The summed E-state index contributed by atoms with van der Waals surface area (Å²) in [5.74, 6) is -0.957. The van der Waals surface area contributed by atoms with Crippen molar-refractivity contribution < 1.29 is 18.3 Å². The second-order valence-electron chi connectivity index (χ2n) is 5.32. The van der Waals surface area contributed by atoms with Gasteiger partial charge in [0.2, 0.25) is 10.0 Å². The van der Waals surface area contributed by atoms with Crippen LogP contribution in [-0.4, -0.2) is 36.9 Å². The zero-order valence-electron chi connectivity index (χ0n) is 11.3. The molecule has 2 rings (SSSR count). The molecule has 0 bridgehead atoms. The molecule has 1 unspecified atom stereocenters. The predicted octanol–water partition coefficient (Wildman–Crippen LogP) is 2.24. The van der Waals surface area contributed by atoms with Crippen LogP contribution in [0.5, 0.6) is 0 Å². The van der Waals surface area contributed by atoms with E-state index < -0.39 is 21.4 Å². The molecule has 0 radical (unpaired) electrons. The summed E-state index contributed by atoms with van der Waals surface area (Å²) in [5, 5.41) is 9.20. The predicted molar refractivity (Wildman–Crippen MR) is 78.0 cm³/mol. The van der Waals surface area contributed by atoms with Gasteiger partial charge in [0.1, 0.15) is 0 Å². The Bertz CT molecular complexity index is 658. The van der Waals surface area contributed by atoms with Gasteiger partial charge in [0.15, 0.2) is 0 Å². The fourth-order valence-electron chi connectivity index (χ4n) is 2.30. The normalized spacial score (nSPS) is 23.9. The molecule has 1 atom stereocenters. The van der Waals surface area contributed by atoms with E-state index >= 15 is 0 Å². The van der Waals surface area contributed by atoms with Crippen molar-refractivity contribution in [1.82, 2.24) is 4.31 Å². The van der Waals surface area contributed by atoms with Gasteiger partial charge < -0.3 is 5.11 Å². The lowest BCUT2D eigenvalue weighted by Crippen LogP contribution is -2.35. The molecule has 0 saturated carbocycles. The van der Waals surface area contributed by atoms with Gasteiger partial charge in [-0.2, -0.15) is 4.31 Å². The van der Waals surface area contributed by atoms with Crippen molar-refractivity contribution in [3.63, 3.8) is 0 Å². The van der Waals surface area contributed by atoms with Crippen molar-refractivity contribution in [1.29, 1.82) is 0 Å². The standard InChI is InChI=1S/C13H16BrNO4S/c1-9-10(14)4-3-5-11(9)20(18,19)15-7-6-13(2,8-15)12(16)17/h3-5H,6-8H2,1-2H3,(H,16,17). The quantitative estimate of drug-likeness (QED) is 0.895. The summed E-state index contributed by atoms with van der Waals surface area (Å²) in [6, 6.07) is 4.99. The first kappa shape index (κ1) is 15.5. The Morgan fingerprint density at radius 1 is 1.45 bits per heavy atom. The van der Waals surface area contributed by atoms with E-state index in [-0.39, 0.29) is 18.0 Å². The molecule has 110 valence electrons. The molecule has 0 aliphatic carbocycles. The molecule has 1 aromatic carbocycles. The molecule has 1 aliphatic heterocycles.